The van der Waals surface area contributed by atoms with E-state index in [1.54, 1.807) is 0 Å². The minimum absolute atomic E-state index is 0.560. The Morgan fingerprint density at radius 3 is 2.00 bits per heavy atom. The highest BCUT2D eigenvalue weighted by atomic mass is 79.9. The Bertz CT molecular complexity index is 496. The number of rotatable bonds is 8. The molecule has 0 bridgehead atoms. The standard InChI is InChI=1S/C18H30BrClO2Si/c1-8-21-18-10-17(20)15(9-16(18)19)11-22-23(12(2)3,13(4)5)14(6)7/h9-10,12-14H,8,11H2,1-7H3. The van der Waals surface area contributed by atoms with Gasteiger partial charge in [-0.25, -0.2) is 0 Å². The lowest BCUT2D eigenvalue weighted by atomic mass is 10.2. The van der Waals surface area contributed by atoms with Crippen LogP contribution in [0.15, 0.2) is 16.6 Å². The van der Waals surface area contributed by atoms with Crippen LogP contribution in [0.1, 0.15) is 54.0 Å². The molecule has 0 aliphatic heterocycles. The quantitative estimate of drug-likeness (QED) is 0.413. The van der Waals surface area contributed by atoms with Gasteiger partial charge in [-0.3, -0.25) is 0 Å². The van der Waals surface area contributed by atoms with E-state index < -0.39 is 8.32 Å². The first kappa shape index (κ1) is 21.0. The molecule has 0 aliphatic rings. The third-order valence-corrected chi connectivity index (χ3v) is 11.6. The zero-order chi connectivity index (χ0) is 17.8. The summed E-state index contributed by atoms with van der Waals surface area (Å²) in [6.07, 6.45) is 0. The second kappa shape index (κ2) is 8.89. The number of halogens is 2. The molecular formula is C18H30BrClO2Si. The van der Waals surface area contributed by atoms with E-state index in [4.69, 9.17) is 20.8 Å². The zero-order valence-electron chi connectivity index (χ0n) is 15.4. The van der Waals surface area contributed by atoms with Crippen molar-refractivity contribution in [2.24, 2.45) is 0 Å². The fraction of sp³-hybridized carbons (Fsp3) is 0.667. The molecule has 0 aromatic heterocycles. The summed E-state index contributed by atoms with van der Waals surface area (Å²) < 4.78 is 13.1. The van der Waals surface area contributed by atoms with Crippen molar-refractivity contribution in [2.45, 2.75) is 71.7 Å². The summed E-state index contributed by atoms with van der Waals surface area (Å²) in [5, 5.41) is 0.704. The molecule has 0 saturated carbocycles. The molecule has 0 N–H and O–H groups in total. The van der Waals surface area contributed by atoms with Crippen LogP contribution in [0.3, 0.4) is 0 Å². The summed E-state index contributed by atoms with van der Waals surface area (Å²) in [7, 11) is -1.88. The van der Waals surface area contributed by atoms with Crippen molar-refractivity contribution in [2.75, 3.05) is 6.61 Å². The Balaban J connectivity index is 3.05. The third-order valence-electron chi connectivity index (χ3n) is 4.59. The summed E-state index contributed by atoms with van der Waals surface area (Å²) in [6, 6.07) is 3.89. The average Bonchev–Trinajstić information content (AvgIpc) is 2.43. The fourth-order valence-corrected chi connectivity index (χ4v) is 9.77. The van der Waals surface area contributed by atoms with Crippen molar-refractivity contribution >= 4 is 35.8 Å². The minimum Gasteiger partial charge on any atom is -0.493 e. The Kier molecular flexibility index (Phi) is 8.12. The van der Waals surface area contributed by atoms with E-state index >= 15 is 0 Å². The average molecular weight is 422 g/mol. The van der Waals surface area contributed by atoms with Gasteiger partial charge in [-0.15, -0.1) is 0 Å². The van der Waals surface area contributed by atoms with Gasteiger partial charge >= 0.3 is 0 Å². The molecule has 1 rings (SSSR count). The predicted octanol–water partition coefficient (Wildman–Crippen LogP) is 7.19. The van der Waals surface area contributed by atoms with Gasteiger partial charge in [0.1, 0.15) is 5.75 Å². The molecule has 23 heavy (non-hydrogen) atoms. The SMILES string of the molecule is CCOc1cc(Cl)c(CO[Si](C(C)C)(C(C)C)C(C)C)cc1Br. The van der Waals surface area contributed by atoms with Crippen molar-refractivity contribution in [1.29, 1.82) is 0 Å². The highest BCUT2D eigenvalue weighted by Crippen LogP contribution is 2.43. The van der Waals surface area contributed by atoms with Gasteiger partial charge in [0.25, 0.3) is 0 Å². The van der Waals surface area contributed by atoms with Gasteiger partial charge in [0.15, 0.2) is 0 Å². The molecule has 0 aliphatic carbocycles. The molecule has 0 spiro atoms. The van der Waals surface area contributed by atoms with Gasteiger partial charge in [0.2, 0.25) is 8.32 Å². The maximum Gasteiger partial charge on any atom is 0.200 e. The Labute approximate surface area is 156 Å². The maximum atomic E-state index is 6.63. The van der Waals surface area contributed by atoms with E-state index in [0.29, 0.717) is 34.9 Å². The number of hydrogen-bond donors (Lipinski definition) is 0. The molecule has 0 amide bonds. The molecule has 0 atom stereocenters. The van der Waals surface area contributed by atoms with Gasteiger partial charge < -0.3 is 9.16 Å². The zero-order valence-corrected chi connectivity index (χ0v) is 18.7. The van der Waals surface area contributed by atoms with E-state index in [1.165, 1.54) is 0 Å². The largest absolute Gasteiger partial charge is 0.493 e. The molecule has 0 heterocycles. The molecule has 132 valence electrons. The van der Waals surface area contributed by atoms with Crippen molar-refractivity contribution in [3.05, 3.63) is 27.2 Å². The van der Waals surface area contributed by atoms with Crippen LogP contribution < -0.4 is 4.74 Å². The van der Waals surface area contributed by atoms with Crippen LogP contribution in [-0.4, -0.2) is 14.9 Å². The summed E-state index contributed by atoms with van der Waals surface area (Å²) >= 11 is 10.0. The minimum atomic E-state index is -1.88. The summed E-state index contributed by atoms with van der Waals surface area (Å²) in [5.74, 6) is 0.779. The summed E-state index contributed by atoms with van der Waals surface area (Å²) in [5.41, 5.74) is 2.70. The van der Waals surface area contributed by atoms with Crippen molar-refractivity contribution < 1.29 is 9.16 Å². The summed E-state index contributed by atoms with van der Waals surface area (Å²) in [6.45, 7) is 16.9. The van der Waals surface area contributed by atoms with Gasteiger partial charge in [-0.2, -0.15) is 0 Å². The second-order valence-electron chi connectivity index (χ2n) is 6.91. The van der Waals surface area contributed by atoms with Gasteiger partial charge in [-0.1, -0.05) is 53.1 Å². The van der Waals surface area contributed by atoms with Gasteiger partial charge in [0, 0.05) is 11.1 Å². The second-order valence-corrected chi connectivity index (χ2v) is 13.6. The van der Waals surface area contributed by atoms with Crippen molar-refractivity contribution in [3.8, 4) is 5.75 Å². The van der Waals surface area contributed by atoms with Crippen molar-refractivity contribution in [3.63, 3.8) is 0 Å². The molecule has 0 radical (unpaired) electrons. The summed E-state index contributed by atoms with van der Waals surface area (Å²) in [4.78, 5) is 0. The Morgan fingerprint density at radius 1 is 1.04 bits per heavy atom. The highest BCUT2D eigenvalue weighted by molar-refractivity contribution is 9.10. The fourth-order valence-electron chi connectivity index (χ4n) is 3.65. The molecule has 0 saturated heterocycles. The van der Waals surface area contributed by atoms with Crippen LogP contribution >= 0.6 is 27.5 Å². The van der Waals surface area contributed by atoms with E-state index in [2.05, 4.69) is 57.5 Å². The smallest absolute Gasteiger partial charge is 0.200 e. The van der Waals surface area contributed by atoms with Crippen molar-refractivity contribution in [1.82, 2.24) is 0 Å². The highest BCUT2D eigenvalue weighted by Gasteiger charge is 2.45. The molecule has 0 unspecified atom stereocenters. The monoisotopic (exact) mass is 420 g/mol. The molecule has 5 heteroatoms. The molecular weight excluding hydrogens is 392 g/mol. The first-order chi connectivity index (χ1) is 10.7. The molecule has 1 aromatic carbocycles. The lowest BCUT2D eigenvalue weighted by Crippen LogP contribution is -2.47. The maximum absolute atomic E-state index is 6.63. The van der Waals surface area contributed by atoms with Crippen LogP contribution in [0.2, 0.25) is 21.6 Å². The van der Waals surface area contributed by atoms with E-state index in [9.17, 15) is 0 Å². The van der Waals surface area contributed by atoms with Gasteiger partial charge in [-0.05, 0) is 51.1 Å². The lowest BCUT2D eigenvalue weighted by Gasteiger charge is -2.42. The molecule has 0 fully saturated rings. The number of ether oxygens (including phenoxy) is 1. The Morgan fingerprint density at radius 2 is 1.57 bits per heavy atom. The third kappa shape index (κ3) is 4.74. The van der Waals surface area contributed by atoms with Crippen LogP contribution in [0.25, 0.3) is 0 Å². The van der Waals surface area contributed by atoms with Gasteiger partial charge in [0.05, 0.1) is 17.7 Å². The number of benzene rings is 1. The molecule has 1 aromatic rings. The normalized spacial score (nSPS) is 12.5. The predicted molar refractivity (Wildman–Crippen MR) is 106 cm³/mol. The molecule has 2 nitrogen and oxygen atoms in total. The van der Waals surface area contributed by atoms with Crippen LogP contribution in [0.5, 0.6) is 5.75 Å². The van der Waals surface area contributed by atoms with E-state index in [0.717, 1.165) is 15.8 Å². The van der Waals surface area contributed by atoms with E-state index in [1.807, 2.05) is 19.1 Å². The van der Waals surface area contributed by atoms with E-state index in [-0.39, 0.29) is 0 Å². The number of hydrogen-bond acceptors (Lipinski definition) is 2. The lowest BCUT2D eigenvalue weighted by molar-refractivity contribution is 0.265. The topological polar surface area (TPSA) is 18.5 Å². The first-order valence-corrected chi connectivity index (χ1v) is 11.7. The Hall–Kier alpha value is -0.0331. The van der Waals surface area contributed by atoms with Crippen LogP contribution in [0.4, 0.5) is 0 Å². The van der Waals surface area contributed by atoms with Crippen LogP contribution in [-0.2, 0) is 11.0 Å². The van der Waals surface area contributed by atoms with Crippen LogP contribution in [0, 0.1) is 0 Å². The first-order valence-electron chi connectivity index (χ1n) is 8.41.